The van der Waals surface area contributed by atoms with Gasteiger partial charge in [-0.1, -0.05) is 29.3 Å². The fourth-order valence-electron chi connectivity index (χ4n) is 2.45. The van der Waals surface area contributed by atoms with Crippen LogP contribution in [0.4, 0.5) is 4.39 Å². The number of carbonyl (C=O) groups is 1. The molecule has 0 radical (unpaired) electrons. The van der Waals surface area contributed by atoms with E-state index in [1.807, 2.05) is 0 Å². The smallest absolute Gasteiger partial charge is 0.178 e. The lowest BCUT2D eigenvalue weighted by Crippen LogP contribution is -2.50. The van der Waals surface area contributed by atoms with Crippen molar-refractivity contribution in [3.63, 3.8) is 0 Å². The second-order valence-corrected chi connectivity index (χ2v) is 6.27. The lowest BCUT2D eigenvalue weighted by atomic mass is 9.76. The number of halogens is 3. The van der Waals surface area contributed by atoms with Gasteiger partial charge in [-0.3, -0.25) is 4.79 Å². The number of ketones is 1. The molecule has 1 aromatic rings. The molecule has 1 aliphatic rings. The Balaban J connectivity index is 2.32. The maximum Gasteiger partial charge on any atom is 0.178 e. The van der Waals surface area contributed by atoms with Gasteiger partial charge in [0.15, 0.2) is 11.4 Å². The van der Waals surface area contributed by atoms with Crippen LogP contribution in [0.2, 0.25) is 10.0 Å². The zero-order chi connectivity index (χ0) is 16.5. The van der Waals surface area contributed by atoms with Crippen molar-refractivity contribution in [1.82, 2.24) is 0 Å². The van der Waals surface area contributed by atoms with E-state index in [1.165, 1.54) is 18.2 Å². The third kappa shape index (κ3) is 3.34. The predicted octanol–water partition coefficient (Wildman–Crippen LogP) is 2.21. The number of rotatable bonds is 4. The number of carbonyl (C=O) groups excluding carboxylic acids is 1. The van der Waals surface area contributed by atoms with Crippen molar-refractivity contribution in [3.05, 3.63) is 45.7 Å². The third-order valence-corrected chi connectivity index (χ3v) is 4.45. The maximum absolute atomic E-state index is 14.3. The van der Waals surface area contributed by atoms with Crippen LogP contribution < -0.4 is 0 Å². The van der Waals surface area contributed by atoms with E-state index >= 15 is 0 Å². The molecule has 0 fully saturated rings. The van der Waals surface area contributed by atoms with Crippen LogP contribution in [-0.2, 0) is 11.2 Å². The summed E-state index contributed by atoms with van der Waals surface area (Å²) in [5, 5.41) is 29.8. The first-order valence-electron chi connectivity index (χ1n) is 6.62. The molecule has 2 unspecified atom stereocenters. The number of hydrogen-bond acceptors (Lipinski definition) is 4. The molecule has 1 aliphatic carbocycles. The molecule has 0 saturated heterocycles. The standard InChI is InChI=1S/C15H15Cl2FO4/c16-10-2-1-9(5-11(10)17)6-15(22)12(18)7-14(21,3-4-19)8-13(15)20/h1-2,5,7,19,21-22H,3-4,6,8H2. The second kappa shape index (κ2) is 6.26. The van der Waals surface area contributed by atoms with Crippen molar-refractivity contribution in [3.8, 4) is 0 Å². The zero-order valence-electron chi connectivity index (χ0n) is 11.5. The Kier molecular flexibility index (Phi) is 4.94. The summed E-state index contributed by atoms with van der Waals surface area (Å²) < 4.78 is 14.3. The lowest BCUT2D eigenvalue weighted by Gasteiger charge is -2.35. The van der Waals surface area contributed by atoms with Gasteiger partial charge in [0.25, 0.3) is 0 Å². The Hall–Kier alpha value is -0.980. The summed E-state index contributed by atoms with van der Waals surface area (Å²) in [6.45, 7) is -0.404. The van der Waals surface area contributed by atoms with Gasteiger partial charge in [0.1, 0.15) is 5.83 Å². The summed E-state index contributed by atoms with van der Waals surface area (Å²) in [5.74, 6) is -1.99. The maximum atomic E-state index is 14.3. The number of aliphatic hydroxyl groups excluding tert-OH is 1. The highest BCUT2D eigenvalue weighted by Gasteiger charge is 2.49. The van der Waals surface area contributed by atoms with E-state index in [1.54, 1.807) is 0 Å². The summed E-state index contributed by atoms with van der Waals surface area (Å²) in [7, 11) is 0. The molecule has 2 atom stereocenters. The molecular weight excluding hydrogens is 334 g/mol. The first-order valence-corrected chi connectivity index (χ1v) is 7.37. The van der Waals surface area contributed by atoms with E-state index in [0.717, 1.165) is 6.08 Å². The average molecular weight is 349 g/mol. The Bertz CT molecular complexity index is 634. The minimum absolute atomic E-state index is 0.186. The van der Waals surface area contributed by atoms with Crippen LogP contribution in [-0.4, -0.2) is 38.9 Å². The summed E-state index contributed by atoms with van der Waals surface area (Å²) in [6, 6.07) is 4.46. The monoisotopic (exact) mass is 348 g/mol. The number of Topliss-reactive ketones (excluding diaryl/α,β-unsaturated/α-hetero) is 1. The Morgan fingerprint density at radius 3 is 2.45 bits per heavy atom. The molecule has 0 bridgehead atoms. The molecule has 120 valence electrons. The Morgan fingerprint density at radius 2 is 1.91 bits per heavy atom. The third-order valence-electron chi connectivity index (χ3n) is 3.71. The van der Waals surface area contributed by atoms with Crippen LogP contribution in [0.3, 0.4) is 0 Å². The van der Waals surface area contributed by atoms with Gasteiger partial charge in [-0.15, -0.1) is 0 Å². The van der Waals surface area contributed by atoms with Crippen molar-refractivity contribution in [2.75, 3.05) is 6.61 Å². The van der Waals surface area contributed by atoms with Gasteiger partial charge < -0.3 is 15.3 Å². The van der Waals surface area contributed by atoms with E-state index in [-0.39, 0.29) is 17.9 Å². The van der Waals surface area contributed by atoms with Crippen molar-refractivity contribution in [1.29, 1.82) is 0 Å². The van der Waals surface area contributed by atoms with E-state index in [9.17, 15) is 19.4 Å². The normalized spacial score (nSPS) is 28.6. The van der Waals surface area contributed by atoms with E-state index < -0.39 is 35.8 Å². The lowest BCUT2D eigenvalue weighted by molar-refractivity contribution is -0.142. The molecule has 1 aromatic carbocycles. The minimum Gasteiger partial charge on any atom is -0.396 e. The quantitative estimate of drug-likeness (QED) is 0.779. The second-order valence-electron chi connectivity index (χ2n) is 5.45. The fraction of sp³-hybridized carbons (Fsp3) is 0.400. The first kappa shape index (κ1) is 17.4. The summed E-state index contributed by atoms with van der Waals surface area (Å²) in [4.78, 5) is 12.1. The average Bonchev–Trinajstić information content (AvgIpc) is 2.41. The van der Waals surface area contributed by atoms with Crippen LogP contribution in [0.5, 0.6) is 0 Å². The predicted molar refractivity (Wildman–Crippen MR) is 80.6 cm³/mol. The molecule has 0 heterocycles. The Morgan fingerprint density at radius 1 is 1.23 bits per heavy atom. The number of hydrogen-bond donors (Lipinski definition) is 3. The summed E-state index contributed by atoms with van der Waals surface area (Å²) >= 11 is 11.6. The largest absolute Gasteiger partial charge is 0.396 e. The number of aliphatic hydroxyl groups is 3. The molecular formula is C15H15Cl2FO4. The van der Waals surface area contributed by atoms with E-state index in [2.05, 4.69) is 0 Å². The number of benzene rings is 1. The van der Waals surface area contributed by atoms with Crippen molar-refractivity contribution in [2.45, 2.75) is 30.5 Å². The minimum atomic E-state index is -2.35. The molecule has 3 N–H and O–H groups in total. The van der Waals surface area contributed by atoms with E-state index in [0.29, 0.717) is 10.6 Å². The fourth-order valence-corrected chi connectivity index (χ4v) is 2.77. The van der Waals surface area contributed by atoms with E-state index in [4.69, 9.17) is 28.3 Å². The van der Waals surface area contributed by atoms with Crippen molar-refractivity contribution < 1.29 is 24.5 Å². The highest BCUT2D eigenvalue weighted by Crippen LogP contribution is 2.37. The van der Waals surface area contributed by atoms with Gasteiger partial charge in [0.05, 0.1) is 15.6 Å². The molecule has 2 rings (SSSR count). The van der Waals surface area contributed by atoms with Gasteiger partial charge in [-0.2, -0.15) is 0 Å². The van der Waals surface area contributed by atoms with Crippen LogP contribution in [0, 0.1) is 0 Å². The molecule has 0 amide bonds. The molecule has 0 aliphatic heterocycles. The highest BCUT2D eigenvalue weighted by atomic mass is 35.5. The van der Waals surface area contributed by atoms with Gasteiger partial charge in [0, 0.05) is 25.9 Å². The van der Waals surface area contributed by atoms with Gasteiger partial charge in [0.2, 0.25) is 0 Å². The van der Waals surface area contributed by atoms with Gasteiger partial charge >= 0.3 is 0 Å². The highest BCUT2D eigenvalue weighted by molar-refractivity contribution is 6.42. The summed E-state index contributed by atoms with van der Waals surface area (Å²) in [5.41, 5.74) is -3.69. The van der Waals surface area contributed by atoms with Gasteiger partial charge in [-0.25, -0.2) is 4.39 Å². The van der Waals surface area contributed by atoms with Crippen LogP contribution in [0.1, 0.15) is 18.4 Å². The zero-order valence-corrected chi connectivity index (χ0v) is 13.0. The van der Waals surface area contributed by atoms with Crippen LogP contribution >= 0.6 is 23.2 Å². The Labute approximate surface area is 136 Å². The molecule has 0 aromatic heterocycles. The molecule has 0 spiro atoms. The SMILES string of the molecule is O=C1CC(O)(CCO)C=C(F)C1(O)Cc1ccc(Cl)c(Cl)c1. The van der Waals surface area contributed by atoms with Gasteiger partial charge in [-0.05, 0) is 23.8 Å². The van der Waals surface area contributed by atoms with Crippen molar-refractivity contribution >= 4 is 29.0 Å². The van der Waals surface area contributed by atoms with Crippen LogP contribution in [0.25, 0.3) is 0 Å². The summed E-state index contributed by atoms with van der Waals surface area (Å²) in [6.07, 6.45) is -0.184. The topological polar surface area (TPSA) is 77.8 Å². The molecule has 7 heteroatoms. The first-order chi connectivity index (χ1) is 10.2. The van der Waals surface area contributed by atoms with Crippen LogP contribution in [0.15, 0.2) is 30.1 Å². The molecule has 22 heavy (non-hydrogen) atoms. The van der Waals surface area contributed by atoms with Crippen molar-refractivity contribution in [2.24, 2.45) is 0 Å². The molecule has 4 nitrogen and oxygen atoms in total. The molecule has 0 saturated carbocycles.